The van der Waals surface area contributed by atoms with Crippen molar-refractivity contribution in [3.8, 4) is 11.8 Å². The van der Waals surface area contributed by atoms with Gasteiger partial charge in [-0.15, -0.1) is 0 Å². The first-order chi connectivity index (χ1) is 20.4. The molecule has 3 heterocycles. The fourth-order valence-electron chi connectivity index (χ4n) is 6.36. The maximum atomic E-state index is 13.7. The topological polar surface area (TPSA) is 105 Å². The molecule has 2 amide bonds. The number of halogens is 2. The average molecular weight is 619 g/mol. The largest absolute Gasteiger partial charge is 0.506 e. The number of anilines is 4. The second-order valence-electron chi connectivity index (χ2n) is 12.5. The maximum Gasteiger partial charge on any atom is 0.325 e. The molecule has 4 aromatic rings. The third kappa shape index (κ3) is 5.73. The third-order valence-electron chi connectivity index (χ3n) is 8.11. The van der Waals surface area contributed by atoms with Crippen LogP contribution in [0.1, 0.15) is 44.7 Å². The van der Waals surface area contributed by atoms with Gasteiger partial charge in [0.25, 0.3) is 0 Å². The minimum Gasteiger partial charge on any atom is -0.506 e. The third-order valence-corrected chi connectivity index (χ3v) is 9.36. The van der Waals surface area contributed by atoms with Crippen LogP contribution in [0.4, 0.5) is 31.4 Å². The molecule has 222 valence electrons. The summed E-state index contributed by atoms with van der Waals surface area (Å²) >= 11 is 8.02. The summed E-state index contributed by atoms with van der Waals surface area (Å²) < 4.78 is 14.3. The Morgan fingerprint density at radius 2 is 1.93 bits per heavy atom. The van der Waals surface area contributed by atoms with Crippen LogP contribution < -0.4 is 15.5 Å². The van der Waals surface area contributed by atoms with Gasteiger partial charge in [0.2, 0.25) is 0 Å². The van der Waals surface area contributed by atoms with E-state index < -0.39 is 6.03 Å². The van der Waals surface area contributed by atoms with E-state index in [1.54, 1.807) is 36.4 Å². The number of benzene rings is 3. The number of carbonyl (C=O) groups excluding carboxylic acids is 1. The number of rotatable bonds is 4. The number of thiazole rings is 1. The summed E-state index contributed by atoms with van der Waals surface area (Å²) in [6, 6.07) is 14.3. The molecule has 0 aliphatic carbocycles. The van der Waals surface area contributed by atoms with Gasteiger partial charge in [-0.25, -0.2) is 14.2 Å². The minimum atomic E-state index is -0.559. The number of urea groups is 1. The standard InChI is InChI=1S/C32H32ClFN6O2S/c1-31(2,3)17-39-12-10-32(11-13-39)18-40(28-25(41)9-6-21(33)27(28)32)24-8-4-19(16-35)14-23(24)36-29(42)38-30-37-22-7-5-20(34)15-26(22)43-30/h4-9,14-15,41H,10-13,17-18H2,1-3H3,(H2,36,37,38,42). The lowest BCUT2D eigenvalue weighted by Gasteiger charge is -2.42. The van der Waals surface area contributed by atoms with Gasteiger partial charge >= 0.3 is 6.03 Å². The summed E-state index contributed by atoms with van der Waals surface area (Å²) in [5.41, 5.74) is 3.42. The lowest BCUT2D eigenvalue weighted by Crippen LogP contribution is -2.47. The van der Waals surface area contributed by atoms with Gasteiger partial charge in [-0.3, -0.25) is 5.32 Å². The van der Waals surface area contributed by atoms with Gasteiger partial charge in [0.05, 0.1) is 38.9 Å². The second-order valence-corrected chi connectivity index (χ2v) is 14.0. The number of nitriles is 1. The van der Waals surface area contributed by atoms with Gasteiger partial charge in [-0.2, -0.15) is 5.26 Å². The van der Waals surface area contributed by atoms with Gasteiger partial charge < -0.3 is 20.2 Å². The molecule has 2 aliphatic heterocycles. The zero-order valence-electron chi connectivity index (χ0n) is 24.2. The number of hydrogen-bond donors (Lipinski definition) is 3. The smallest absolute Gasteiger partial charge is 0.325 e. The summed E-state index contributed by atoms with van der Waals surface area (Å²) in [5.74, 6) is -0.271. The van der Waals surface area contributed by atoms with E-state index in [4.69, 9.17) is 11.6 Å². The molecule has 8 nitrogen and oxygen atoms in total. The van der Waals surface area contributed by atoms with Crippen molar-refractivity contribution in [2.24, 2.45) is 5.41 Å². The van der Waals surface area contributed by atoms with Crippen LogP contribution in [-0.2, 0) is 5.41 Å². The number of likely N-dealkylation sites (tertiary alicyclic amines) is 1. The lowest BCUT2D eigenvalue weighted by molar-refractivity contribution is 0.125. The van der Waals surface area contributed by atoms with Crippen LogP contribution in [0.5, 0.6) is 5.75 Å². The van der Waals surface area contributed by atoms with E-state index >= 15 is 0 Å². The molecule has 1 aromatic heterocycles. The number of nitrogens with zero attached hydrogens (tertiary/aromatic N) is 4. The van der Waals surface area contributed by atoms with Gasteiger partial charge in [0, 0.05) is 29.1 Å². The SMILES string of the molecule is CC(C)(C)CN1CCC2(CC1)CN(c1ccc(C#N)cc1NC(=O)Nc1nc3ccc(F)cc3s1)c1c(O)ccc(Cl)c12. The summed E-state index contributed by atoms with van der Waals surface area (Å²) in [6.07, 6.45) is 1.74. The molecule has 2 aliphatic rings. The number of amides is 2. The molecule has 11 heteroatoms. The lowest BCUT2D eigenvalue weighted by atomic mass is 9.74. The highest BCUT2D eigenvalue weighted by atomic mass is 35.5. The van der Waals surface area contributed by atoms with Gasteiger partial charge in [-0.1, -0.05) is 43.7 Å². The van der Waals surface area contributed by atoms with Crippen LogP contribution in [0, 0.1) is 22.6 Å². The molecule has 0 saturated carbocycles. The Hall–Kier alpha value is -3.91. The molecule has 1 saturated heterocycles. The highest BCUT2D eigenvalue weighted by Gasteiger charge is 2.48. The van der Waals surface area contributed by atoms with Crippen molar-refractivity contribution in [2.75, 3.05) is 41.7 Å². The Bertz CT molecular complexity index is 1770. The molecule has 0 atom stereocenters. The Balaban J connectivity index is 1.32. The van der Waals surface area contributed by atoms with E-state index in [9.17, 15) is 19.6 Å². The highest BCUT2D eigenvalue weighted by molar-refractivity contribution is 7.22. The predicted octanol–water partition coefficient (Wildman–Crippen LogP) is 7.84. The fraction of sp³-hybridized carbons (Fsp3) is 0.344. The van der Waals surface area contributed by atoms with Gasteiger partial charge in [-0.05, 0) is 79.9 Å². The zero-order valence-corrected chi connectivity index (χ0v) is 25.7. The first-order valence-corrected chi connectivity index (χ1v) is 15.3. The number of nitrogens with one attached hydrogen (secondary N) is 2. The van der Waals surface area contributed by atoms with Crippen molar-refractivity contribution in [3.63, 3.8) is 0 Å². The first-order valence-electron chi connectivity index (χ1n) is 14.1. The number of hydrogen-bond acceptors (Lipinski definition) is 7. The highest BCUT2D eigenvalue weighted by Crippen LogP contribution is 2.56. The van der Waals surface area contributed by atoms with Crippen molar-refractivity contribution in [2.45, 2.75) is 39.0 Å². The van der Waals surface area contributed by atoms with Crippen LogP contribution in [0.3, 0.4) is 0 Å². The second kappa shape index (κ2) is 11.0. The monoisotopic (exact) mass is 618 g/mol. The van der Waals surface area contributed by atoms with Crippen LogP contribution in [0.15, 0.2) is 48.5 Å². The van der Waals surface area contributed by atoms with Gasteiger partial charge in [0.15, 0.2) is 5.13 Å². The zero-order chi connectivity index (χ0) is 30.5. The van der Waals surface area contributed by atoms with Crippen molar-refractivity contribution in [1.29, 1.82) is 5.26 Å². The Morgan fingerprint density at radius 3 is 2.65 bits per heavy atom. The fourth-order valence-corrected chi connectivity index (χ4v) is 7.60. The van der Waals surface area contributed by atoms with E-state index in [1.165, 1.54) is 12.1 Å². The summed E-state index contributed by atoms with van der Waals surface area (Å²) in [5, 5.41) is 27.3. The summed E-state index contributed by atoms with van der Waals surface area (Å²) in [4.78, 5) is 22.1. The van der Waals surface area contributed by atoms with Crippen LogP contribution in [0.2, 0.25) is 5.02 Å². The molecule has 0 radical (unpaired) electrons. The summed E-state index contributed by atoms with van der Waals surface area (Å²) in [7, 11) is 0. The molecule has 0 unspecified atom stereocenters. The van der Waals surface area contributed by atoms with E-state index in [-0.39, 0.29) is 22.4 Å². The molecule has 43 heavy (non-hydrogen) atoms. The van der Waals surface area contributed by atoms with E-state index in [1.807, 2.05) is 4.90 Å². The number of fused-ring (bicyclic) bond motifs is 3. The van der Waals surface area contributed by atoms with Crippen molar-refractivity contribution < 1.29 is 14.3 Å². The Kier molecular flexibility index (Phi) is 7.45. The van der Waals surface area contributed by atoms with Crippen LogP contribution >= 0.6 is 22.9 Å². The number of phenolic OH excluding ortho intramolecular Hbond substituents is 1. The van der Waals surface area contributed by atoms with E-state index in [0.29, 0.717) is 49.5 Å². The molecule has 0 bridgehead atoms. The van der Waals surface area contributed by atoms with E-state index in [2.05, 4.69) is 47.4 Å². The molecule has 6 rings (SSSR count). The van der Waals surface area contributed by atoms with Crippen LogP contribution in [0.25, 0.3) is 10.2 Å². The number of phenols is 1. The molecular weight excluding hydrogens is 587 g/mol. The normalized spacial score (nSPS) is 16.3. The minimum absolute atomic E-state index is 0.106. The number of aromatic nitrogens is 1. The average Bonchev–Trinajstić information content (AvgIpc) is 3.50. The molecule has 1 spiro atoms. The molecule has 3 aromatic carbocycles. The Morgan fingerprint density at radius 1 is 1.16 bits per heavy atom. The number of aromatic hydroxyl groups is 1. The van der Waals surface area contributed by atoms with E-state index in [0.717, 1.165) is 49.4 Å². The molecule has 1 fully saturated rings. The molecule has 3 N–H and O–H groups in total. The van der Waals surface area contributed by atoms with Crippen molar-refractivity contribution in [1.82, 2.24) is 9.88 Å². The maximum absolute atomic E-state index is 13.7. The number of carbonyl (C=O) groups is 1. The van der Waals surface area contributed by atoms with Crippen molar-refractivity contribution >= 4 is 61.4 Å². The van der Waals surface area contributed by atoms with Crippen molar-refractivity contribution in [3.05, 3.63) is 70.5 Å². The van der Waals surface area contributed by atoms with Gasteiger partial charge in [0.1, 0.15) is 11.6 Å². The van der Waals surface area contributed by atoms with Crippen LogP contribution in [-0.4, -0.2) is 47.2 Å². The number of piperidine rings is 1. The first kappa shape index (κ1) is 29.2. The Labute approximate surface area is 258 Å². The summed E-state index contributed by atoms with van der Waals surface area (Å²) in [6.45, 7) is 10.1. The quantitative estimate of drug-likeness (QED) is 0.215. The molecular formula is C32H32ClFN6O2S. The predicted molar refractivity (Wildman–Crippen MR) is 170 cm³/mol.